The molecule has 16 heavy (non-hydrogen) atoms. The van der Waals surface area contributed by atoms with Crippen LogP contribution < -0.4 is 4.90 Å². The Bertz CT molecular complexity index is 400. The van der Waals surface area contributed by atoms with Crippen LogP contribution in [-0.2, 0) is 4.74 Å². The van der Waals surface area contributed by atoms with Crippen LogP contribution >= 0.6 is 11.3 Å². The zero-order chi connectivity index (χ0) is 11.8. The lowest BCUT2D eigenvalue weighted by molar-refractivity contribution is 0.0595. The Hall–Kier alpha value is -1.10. The van der Waals surface area contributed by atoms with E-state index in [1.54, 1.807) is 5.38 Å². The van der Waals surface area contributed by atoms with Gasteiger partial charge in [0, 0.05) is 17.5 Å². The minimum atomic E-state index is -0.362. The molecule has 0 aromatic carbocycles. The lowest BCUT2D eigenvalue weighted by Gasteiger charge is -2.31. The monoisotopic (exact) mass is 240 g/mol. The molecule has 1 fully saturated rings. The number of ether oxygens (including phenoxy) is 1. The maximum atomic E-state index is 11.3. The van der Waals surface area contributed by atoms with E-state index in [0.717, 1.165) is 11.7 Å². The summed E-state index contributed by atoms with van der Waals surface area (Å²) in [5, 5.41) is 2.68. The Balaban J connectivity index is 2.22. The first-order chi connectivity index (χ1) is 7.54. The number of thiazole rings is 1. The van der Waals surface area contributed by atoms with E-state index in [4.69, 9.17) is 0 Å². The van der Waals surface area contributed by atoms with Gasteiger partial charge in [-0.05, 0) is 26.7 Å². The van der Waals surface area contributed by atoms with Gasteiger partial charge in [0.1, 0.15) is 0 Å². The fourth-order valence-corrected chi connectivity index (χ4v) is 3.03. The summed E-state index contributed by atoms with van der Waals surface area (Å²) in [5.74, 6) is -0.362. The largest absolute Gasteiger partial charge is 0.464 e. The molecule has 4 nitrogen and oxygen atoms in total. The molecule has 0 amide bonds. The fraction of sp³-hybridized carbons (Fsp3) is 0.636. The molecule has 2 rings (SSSR count). The highest BCUT2D eigenvalue weighted by Crippen LogP contribution is 2.35. The van der Waals surface area contributed by atoms with Gasteiger partial charge in [-0.15, -0.1) is 11.3 Å². The van der Waals surface area contributed by atoms with Gasteiger partial charge in [0.15, 0.2) is 10.8 Å². The minimum absolute atomic E-state index is 0.144. The molecule has 0 aliphatic carbocycles. The van der Waals surface area contributed by atoms with Gasteiger partial charge in [-0.2, -0.15) is 0 Å². The molecule has 0 bridgehead atoms. The van der Waals surface area contributed by atoms with E-state index in [1.165, 1.54) is 31.3 Å². The predicted octanol–water partition coefficient (Wildman–Crippen LogP) is 2.31. The van der Waals surface area contributed by atoms with Crippen molar-refractivity contribution in [2.45, 2.75) is 32.2 Å². The van der Waals surface area contributed by atoms with E-state index in [0.29, 0.717) is 5.69 Å². The number of esters is 1. The molecule has 0 radical (unpaired) electrons. The Morgan fingerprint density at radius 2 is 2.38 bits per heavy atom. The Labute approximate surface area is 99.2 Å². The van der Waals surface area contributed by atoms with Crippen molar-refractivity contribution in [3.63, 3.8) is 0 Å². The molecule has 0 atom stereocenters. The van der Waals surface area contributed by atoms with Crippen LogP contribution in [-0.4, -0.2) is 30.1 Å². The molecule has 0 N–H and O–H groups in total. The van der Waals surface area contributed by atoms with Crippen molar-refractivity contribution in [2.24, 2.45) is 0 Å². The number of methoxy groups -OCH3 is 1. The minimum Gasteiger partial charge on any atom is -0.464 e. The van der Waals surface area contributed by atoms with E-state index in [1.807, 2.05) is 0 Å². The molecule has 0 unspecified atom stereocenters. The number of rotatable bonds is 2. The van der Waals surface area contributed by atoms with Gasteiger partial charge in [0.25, 0.3) is 0 Å². The van der Waals surface area contributed by atoms with Gasteiger partial charge in [-0.1, -0.05) is 0 Å². The summed E-state index contributed by atoms with van der Waals surface area (Å²) in [6, 6.07) is 0. The first-order valence-corrected chi connectivity index (χ1v) is 6.24. The van der Waals surface area contributed by atoms with Crippen LogP contribution in [0.5, 0.6) is 0 Å². The summed E-state index contributed by atoms with van der Waals surface area (Å²) in [5.41, 5.74) is 0.552. The van der Waals surface area contributed by atoms with Crippen molar-refractivity contribution in [3.8, 4) is 0 Å². The number of hydrogen-bond donors (Lipinski definition) is 0. The van der Waals surface area contributed by atoms with Crippen molar-refractivity contribution in [2.75, 3.05) is 18.6 Å². The zero-order valence-electron chi connectivity index (χ0n) is 9.82. The molecule has 0 spiro atoms. The molecule has 5 heteroatoms. The number of anilines is 1. The Kier molecular flexibility index (Phi) is 2.88. The van der Waals surface area contributed by atoms with Gasteiger partial charge in [-0.25, -0.2) is 9.78 Å². The smallest absolute Gasteiger partial charge is 0.357 e. The maximum Gasteiger partial charge on any atom is 0.357 e. The molecule has 2 heterocycles. The summed E-state index contributed by atoms with van der Waals surface area (Å²) in [6.45, 7) is 5.43. The third kappa shape index (κ3) is 1.91. The van der Waals surface area contributed by atoms with E-state index >= 15 is 0 Å². The topological polar surface area (TPSA) is 42.4 Å². The number of carbonyl (C=O) groups is 1. The molecule has 1 aliphatic rings. The van der Waals surface area contributed by atoms with Crippen molar-refractivity contribution in [3.05, 3.63) is 11.1 Å². The molecular weight excluding hydrogens is 224 g/mol. The van der Waals surface area contributed by atoms with Crippen molar-refractivity contribution < 1.29 is 9.53 Å². The molecule has 1 aromatic heterocycles. The lowest BCUT2D eigenvalue weighted by atomic mass is 10.0. The first kappa shape index (κ1) is 11.4. The SMILES string of the molecule is COC(=O)c1csc(N2CCCC2(C)C)n1. The van der Waals surface area contributed by atoms with E-state index in [-0.39, 0.29) is 11.5 Å². The van der Waals surface area contributed by atoms with Gasteiger partial charge in [0.05, 0.1) is 7.11 Å². The van der Waals surface area contributed by atoms with Gasteiger partial charge < -0.3 is 9.64 Å². The van der Waals surface area contributed by atoms with Crippen LogP contribution in [0.25, 0.3) is 0 Å². The summed E-state index contributed by atoms with van der Waals surface area (Å²) >= 11 is 1.51. The standard InChI is InChI=1S/C11H16N2O2S/c1-11(2)5-4-6-13(11)10-12-8(7-16-10)9(14)15-3/h7H,4-6H2,1-3H3. The quantitative estimate of drug-likeness (QED) is 0.744. The van der Waals surface area contributed by atoms with Crippen LogP contribution in [0.1, 0.15) is 37.2 Å². The summed E-state index contributed by atoms with van der Waals surface area (Å²) in [7, 11) is 1.38. The highest BCUT2D eigenvalue weighted by molar-refractivity contribution is 7.14. The summed E-state index contributed by atoms with van der Waals surface area (Å²) < 4.78 is 4.65. The highest BCUT2D eigenvalue weighted by Gasteiger charge is 2.33. The summed E-state index contributed by atoms with van der Waals surface area (Å²) in [4.78, 5) is 17.9. The average molecular weight is 240 g/mol. The van der Waals surface area contributed by atoms with Gasteiger partial charge in [0.2, 0.25) is 0 Å². The first-order valence-electron chi connectivity index (χ1n) is 5.36. The third-order valence-corrected chi connectivity index (χ3v) is 3.88. The molecular formula is C11H16N2O2S. The number of hydrogen-bond acceptors (Lipinski definition) is 5. The van der Waals surface area contributed by atoms with Crippen molar-refractivity contribution in [1.29, 1.82) is 0 Å². The van der Waals surface area contributed by atoms with E-state index in [2.05, 4.69) is 28.5 Å². The van der Waals surface area contributed by atoms with Crippen LogP contribution in [0, 0.1) is 0 Å². The van der Waals surface area contributed by atoms with Gasteiger partial charge >= 0.3 is 5.97 Å². The number of nitrogens with zero attached hydrogens (tertiary/aromatic N) is 2. The van der Waals surface area contributed by atoms with Crippen LogP contribution in [0.2, 0.25) is 0 Å². The normalized spacial score (nSPS) is 18.8. The summed E-state index contributed by atoms with van der Waals surface area (Å²) in [6.07, 6.45) is 2.35. The highest BCUT2D eigenvalue weighted by atomic mass is 32.1. The second-order valence-electron chi connectivity index (χ2n) is 4.57. The number of carbonyl (C=O) groups excluding carboxylic acids is 1. The second kappa shape index (κ2) is 4.05. The van der Waals surface area contributed by atoms with E-state index in [9.17, 15) is 4.79 Å². The zero-order valence-corrected chi connectivity index (χ0v) is 10.6. The molecule has 1 aliphatic heterocycles. The Morgan fingerprint density at radius 3 is 2.94 bits per heavy atom. The predicted molar refractivity (Wildman–Crippen MR) is 64.1 cm³/mol. The van der Waals surface area contributed by atoms with Gasteiger partial charge in [-0.3, -0.25) is 0 Å². The fourth-order valence-electron chi connectivity index (χ4n) is 2.05. The molecule has 1 saturated heterocycles. The van der Waals surface area contributed by atoms with Crippen molar-refractivity contribution >= 4 is 22.4 Å². The molecule has 88 valence electrons. The third-order valence-electron chi connectivity index (χ3n) is 3.02. The van der Waals surface area contributed by atoms with Crippen LogP contribution in [0.4, 0.5) is 5.13 Å². The molecule has 1 aromatic rings. The lowest BCUT2D eigenvalue weighted by Crippen LogP contribution is -2.38. The van der Waals surface area contributed by atoms with E-state index < -0.39 is 0 Å². The second-order valence-corrected chi connectivity index (χ2v) is 5.41. The maximum absolute atomic E-state index is 11.3. The average Bonchev–Trinajstić information content (AvgIpc) is 2.82. The number of aromatic nitrogens is 1. The molecule has 0 saturated carbocycles. The van der Waals surface area contributed by atoms with Crippen molar-refractivity contribution in [1.82, 2.24) is 4.98 Å². The van der Waals surface area contributed by atoms with Crippen LogP contribution in [0.3, 0.4) is 0 Å². The Morgan fingerprint density at radius 1 is 1.62 bits per heavy atom. The van der Waals surface area contributed by atoms with Crippen LogP contribution in [0.15, 0.2) is 5.38 Å².